The minimum absolute atomic E-state index is 0.00924. The monoisotopic (exact) mass is 648 g/mol. The van der Waals surface area contributed by atoms with Crippen molar-refractivity contribution < 1.29 is 41.8 Å². The maximum atomic E-state index is 15.9. The molecule has 0 saturated carbocycles. The van der Waals surface area contributed by atoms with Crippen LogP contribution in [-0.4, -0.2) is 82.1 Å². The third-order valence-electron chi connectivity index (χ3n) is 6.43. The highest BCUT2D eigenvalue weighted by Crippen LogP contribution is 2.52. The number of ether oxygens (including phenoxy) is 1. The molecular formula is C20H23FN8O8P2S2. The van der Waals surface area contributed by atoms with Gasteiger partial charge in [-0.1, -0.05) is 0 Å². The number of aliphatic imine (C=N–C) groups is 1. The van der Waals surface area contributed by atoms with Gasteiger partial charge < -0.3 is 38.4 Å². The van der Waals surface area contributed by atoms with Gasteiger partial charge in [-0.05, 0) is 30.5 Å². The van der Waals surface area contributed by atoms with Gasteiger partial charge in [0.2, 0.25) is 0 Å². The van der Waals surface area contributed by atoms with Gasteiger partial charge in [0, 0.05) is 6.54 Å². The number of nitrogens with zero attached hydrogens (tertiary/aromatic N) is 7. The summed E-state index contributed by atoms with van der Waals surface area (Å²) in [6.07, 6.45) is -3.65. The number of fused-ring (bicyclic) bond motifs is 6. The van der Waals surface area contributed by atoms with Crippen molar-refractivity contribution in [2.75, 3.05) is 13.2 Å². The summed E-state index contributed by atoms with van der Waals surface area (Å²) < 4.78 is 46.7. The Morgan fingerprint density at radius 2 is 1.98 bits per heavy atom. The molecule has 6 heterocycles. The van der Waals surface area contributed by atoms with Crippen molar-refractivity contribution in [2.24, 2.45) is 10.7 Å². The van der Waals surface area contributed by atoms with Crippen molar-refractivity contribution in [1.29, 1.82) is 0 Å². The number of nitrogens with two attached hydrogens (primary N) is 1. The molecule has 1 fully saturated rings. The highest BCUT2D eigenvalue weighted by Gasteiger charge is 2.51. The van der Waals surface area contributed by atoms with Gasteiger partial charge in [-0.25, -0.2) is 29.3 Å². The van der Waals surface area contributed by atoms with Gasteiger partial charge in [-0.2, -0.15) is 0 Å². The second-order valence-electron chi connectivity index (χ2n) is 9.25. The van der Waals surface area contributed by atoms with Crippen molar-refractivity contribution in [3.8, 4) is 0 Å². The van der Waals surface area contributed by atoms with Crippen molar-refractivity contribution in [3.05, 3.63) is 29.9 Å². The number of rotatable bonds is 1. The molecule has 1 saturated heterocycles. The maximum Gasteiger partial charge on any atom is 0.325 e. The molecule has 21 heteroatoms. The molecule has 3 aromatic rings. The Kier molecular flexibility index (Phi) is 7.65. The van der Waals surface area contributed by atoms with Crippen molar-refractivity contribution in [3.63, 3.8) is 0 Å². The molecule has 3 aromatic heterocycles. The molecule has 41 heavy (non-hydrogen) atoms. The van der Waals surface area contributed by atoms with Gasteiger partial charge in [-0.3, -0.25) is 13.9 Å². The second-order valence-corrected chi connectivity index (χ2v) is 14.9. The molecule has 2 unspecified atom stereocenters. The highest BCUT2D eigenvalue weighted by molar-refractivity contribution is 8.07. The van der Waals surface area contributed by atoms with Crippen molar-refractivity contribution in [2.45, 2.75) is 51.1 Å². The number of carbonyl (C=O) groups is 1. The molecule has 0 radical (unpaired) electrons. The fourth-order valence-corrected chi connectivity index (χ4v) is 7.06. The largest absolute Gasteiger partial charge is 0.387 e. The topological polar surface area (TPSA) is 203 Å². The van der Waals surface area contributed by atoms with Gasteiger partial charge in [0.1, 0.15) is 41.8 Å². The zero-order chi connectivity index (χ0) is 29.1. The first-order chi connectivity index (χ1) is 19.4. The first-order valence-electron chi connectivity index (χ1n) is 12.1. The van der Waals surface area contributed by atoms with Gasteiger partial charge in [0.05, 0.1) is 32.2 Å². The Labute approximate surface area is 241 Å². The summed E-state index contributed by atoms with van der Waals surface area (Å²) in [6.45, 7) is -7.19. The molecule has 0 amide bonds. The summed E-state index contributed by atoms with van der Waals surface area (Å²) in [4.78, 5) is 55.3. The number of amidine groups is 1. The molecule has 0 aromatic carbocycles. The van der Waals surface area contributed by atoms with Crippen LogP contribution in [0.2, 0.25) is 0 Å². The first kappa shape index (κ1) is 28.9. The summed E-state index contributed by atoms with van der Waals surface area (Å²) >= 11 is 10.3. The fourth-order valence-electron chi connectivity index (χ4n) is 4.61. The van der Waals surface area contributed by atoms with Gasteiger partial charge in [0.15, 0.2) is 35.3 Å². The molecule has 16 nitrogen and oxygen atoms in total. The Hall–Kier alpha value is -2.15. The molecule has 2 bridgehead atoms. The molecule has 220 valence electrons. The third-order valence-corrected chi connectivity index (χ3v) is 9.59. The maximum absolute atomic E-state index is 15.9. The van der Waals surface area contributed by atoms with Crippen LogP contribution in [-0.2, 0) is 59.6 Å². The highest BCUT2D eigenvalue weighted by atomic mass is 32.5. The van der Waals surface area contributed by atoms with E-state index in [-0.39, 0.29) is 55.1 Å². The minimum Gasteiger partial charge on any atom is -0.387 e. The Morgan fingerprint density at radius 1 is 1.17 bits per heavy atom. The number of alkyl halides is 1. The van der Waals surface area contributed by atoms with Crippen LogP contribution in [0.5, 0.6) is 0 Å². The van der Waals surface area contributed by atoms with E-state index in [1.165, 1.54) is 17.1 Å². The van der Waals surface area contributed by atoms with Gasteiger partial charge in [0.25, 0.3) is 0 Å². The number of carbonyl (C=O) groups excluding carboxylic acids is 1. The normalized spacial score (nSPS) is 33.1. The van der Waals surface area contributed by atoms with Crippen LogP contribution in [0.15, 0.2) is 17.5 Å². The quantitative estimate of drug-likeness (QED) is 0.318. The molecule has 3 aliphatic heterocycles. The van der Waals surface area contributed by atoms with E-state index in [1.54, 1.807) is 11.5 Å². The summed E-state index contributed by atoms with van der Waals surface area (Å²) in [7, 11) is 0. The minimum atomic E-state index is -4.16. The number of ketones is 1. The van der Waals surface area contributed by atoms with E-state index in [9.17, 15) is 14.6 Å². The van der Waals surface area contributed by atoms with E-state index >= 15 is 4.39 Å². The summed E-state index contributed by atoms with van der Waals surface area (Å²) in [5.41, 5.74) is 6.68. The Balaban J connectivity index is 1.36. The number of hydrogen-bond acceptors (Lipinski definition) is 14. The number of imidazole rings is 2. The van der Waals surface area contributed by atoms with Crippen molar-refractivity contribution >= 4 is 65.7 Å². The van der Waals surface area contributed by atoms with Crippen LogP contribution >= 0.6 is 13.4 Å². The molecule has 6 rings (SSSR count). The average Bonchev–Trinajstić information content (AvgIpc) is 3.55. The van der Waals surface area contributed by atoms with Crippen LogP contribution in [0.3, 0.4) is 0 Å². The lowest BCUT2D eigenvalue weighted by Crippen LogP contribution is -2.32. The Bertz CT molecular complexity index is 1670. The predicted octanol–water partition coefficient (Wildman–Crippen LogP) is 1.22. The summed E-state index contributed by atoms with van der Waals surface area (Å²) in [5.74, 6) is 0.424. The molecule has 3 aliphatic rings. The fraction of sp³-hybridized carbons (Fsp3) is 0.500. The van der Waals surface area contributed by atoms with Crippen LogP contribution in [0, 0.1) is 6.92 Å². The number of aromatic nitrogens is 6. The number of hydrogen-bond donors (Lipinski definition) is 3. The van der Waals surface area contributed by atoms with Crippen LogP contribution in [0.1, 0.15) is 34.8 Å². The lowest BCUT2D eigenvalue weighted by atomic mass is 10.1. The lowest BCUT2D eigenvalue weighted by Gasteiger charge is -2.26. The average molecular weight is 649 g/mol. The summed E-state index contributed by atoms with van der Waals surface area (Å²) in [6, 6.07) is 0. The zero-order valence-electron chi connectivity index (χ0n) is 21.1. The molecule has 4 N–H and O–H groups in total. The smallest absolute Gasteiger partial charge is 0.325 e. The molecular weight excluding hydrogens is 625 g/mol. The zero-order valence-corrected chi connectivity index (χ0v) is 24.6. The Morgan fingerprint density at radius 3 is 2.78 bits per heavy atom. The van der Waals surface area contributed by atoms with E-state index in [2.05, 4.69) is 24.9 Å². The van der Waals surface area contributed by atoms with Crippen LogP contribution in [0.4, 0.5) is 10.2 Å². The molecule has 0 aliphatic carbocycles. The van der Waals surface area contributed by atoms with E-state index < -0.39 is 44.7 Å². The molecule has 0 spiro atoms. The number of aryl methyl sites for hydroxylation is 1. The number of Topliss-reactive ketones (excluding diaryl/α,β-unsaturated/α-hetero) is 1. The van der Waals surface area contributed by atoms with E-state index in [0.717, 1.165) is 0 Å². The van der Waals surface area contributed by atoms with Crippen LogP contribution in [0.25, 0.3) is 11.2 Å². The second kappa shape index (κ2) is 10.8. The van der Waals surface area contributed by atoms with E-state index in [4.69, 9.17) is 52.2 Å². The van der Waals surface area contributed by atoms with Gasteiger partial charge in [-0.15, -0.1) is 0 Å². The standard InChI is InChI=1S/C20H23FN8O8P2S2/c1-9-23-5-10-18(25-9)28-2-3-33-38(31,40)34-6-12-15(21)17(37-39(32,41)35-7-14(28)26-10)20(36-12)29-8-24-16-11(30)4-13(22)27-19(16)29/h5,8,12,15,17,20H,2-4,6-7H2,1H3,(H2,22,27)(H,31,40)(H,32,41)/t12-,15-,17-,20-,38?,39?/m1/s1. The van der Waals surface area contributed by atoms with Crippen LogP contribution < -0.4 is 5.73 Å². The lowest BCUT2D eigenvalue weighted by molar-refractivity contribution is -0.0474. The van der Waals surface area contributed by atoms with Gasteiger partial charge >= 0.3 is 13.4 Å². The predicted molar refractivity (Wildman–Crippen MR) is 146 cm³/mol. The SMILES string of the molecule is Cc1ncc2nc3n(c2n1)CCOP(O)(=S)OC[C@H]1O[C@@H](n2cnc4c2N=C(N)CC4=O)[C@H](OP(O)(=S)OC3)[C@@H]1F. The summed E-state index contributed by atoms with van der Waals surface area (Å²) in [5, 5.41) is 0. The van der Waals surface area contributed by atoms with Crippen molar-refractivity contribution in [1.82, 2.24) is 29.1 Å². The third kappa shape index (κ3) is 5.77. The van der Waals surface area contributed by atoms with E-state index in [1.807, 2.05) is 0 Å². The first-order valence-corrected chi connectivity index (χ1v) is 17.3. The molecule has 6 atom stereocenters. The number of halogens is 1. The van der Waals surface area contributed by atoms with E-state index in [0.29, 0.717) is 17.0 Å².